The van der Waals surface area contributed by atoms with Gasteiger partial charge in [0.1, 0.15) is 0 Å². The minimum Gasteiger partial charge on any atom is -0.347 e. The van der Waals surface area contributed by atoms with Crippen LogP contribution >= 0.6 is 0 Å². The monoisotopic (exact) mass is 325 g/mol. The van der Waals surface area contributed by atoms with E-state index in [-0.39, 0.29) is 5.43 Å². The fourth-order valence-corrected chi connectivity index (χ4v) is 3.20. The Labute approximate surface area is 146 Å². The Bertz CT molecular complexity index is 711. The van der Waals surface area contributed by atoms with Gasteiger partial charge in [0.25, 0.3) is 0 Å². The number of aryl methyl sites for hydroxylation is 2. The van der Waals surface area contributed by atoms with Crippen LogP contribution in [0.25, 0.3) is 10.9 Å². The third kappa shape index (κ3) is 5.36. The molecule has 2 nitrogen and oxygen atoms in total. The highest BCUT2D eigenvalue weighted by molar-refractivity contribution is 5.79. The number of para-hydroxylation sites is 1. The van der Waals surface area contributed by atoms with E-state index in [1.807, 2.05) is 24.3 Å². The van der Waals surface area contributed by atoms with Gasteiger partial charge in [-0.25, -0.2) is 0 Å². The van der Waals surface area contributed by atoms with Gasteiger partial charge in [0.05, 0.1) is 5.52 Å². The summed E-state index contributed by atoms with van der Waals surface area (Å²) in [5.41, 5.74) is 2.27. The molecule has 0 saturated heterocycles. The van der Waals surface area contributed by atoms with Crippen LogP contribution in [-0.4, -0.2) is 4.57 Å². The molecule has 2 aromatic rings. The molecule has 0 atom stereocenters. The molecule has 1 aromatic carbocycles. The van der Waals surface area contributed by atoms with Crippen LogP contribution in [0.3, 0.4) is 0 Å². The molecular formula is C22H31NO. The van der Waals surface area contributed by atoms with E-state index < -0.39 is 0 Å². The number of pyridine rings is 1. The summed E-state index contributed by atoms with van der Waals surface area (Å²) < 4.78 is 2.15. The van der Waals surface area contributed by atoms with Crippen LogP contribution in [0.4, 0.5) is 0 Å². The van der Waals surface area contributed by atoms with Crippen LogP contribution in [0, 0.1) is 0 Å². The van der Waals surface area contributed by atoms with Gasteiger partial charge in [-0.05, 0) is 37.8 Å². The van der Waals surface area contributed by atoms with Gasteiger partial charge in [-0.2, -0.15) is 0 Å². The lowest BCUT2D eigenvalue weighted by Crippen LogP contribution is -2.11. The van der Waals surface area contributed by atoms with E-state index in [2.05, 4.69) is 30.7 Å². The average molecular weight is 325 g/mol. The quantitative estimate of drug-likeness (QED) is 0.401. The lowest BCUT2D eigenvalue weighted by Gasteiger charge is -2.11. The van der Waals surface area contributed by atoms with Crippen LogP contribution in [-0.2, 0) is 13.5 Å². The Balaban J connectivity index is 1.78. The fraction of sp³-hybridized carbons (Fsp3) is 0.500. The van der Waals surface area contributed by atoms with Gasteiger partial charge in [0.2, 0.25) is 0 Å². The van der Waals surface area contributed by atoms with E-state index in [0.717, 1.165) is 29.4 Å². The molecule has 0 bridgehead atoms. The Kier molecular flexibility index (Phi) is 7.81. The predicted octanol–water partition coefficient (Wildman–Crippen LogP) is 5.78. The topological polar surface area (TPSA) is 22.0 Å². The van der Waals surface area contributed by atoms with Crippen molar-refractivity contribution in [3.63, 3.8) is 0 Å². The molecule has 0 amide bonds. The highest BCUT2D eigenvalue weighted by Crippen LogP contribution is 2.13. The molecule has 0 N–H and O–H groups in total. The zero-order valence-electron chi connectivity index (χ0n) is 15.3. The molecule has 24 heavy (non-hydrogen) atoms. The molecule has 0 radical (unpaired) electrons. The van der Waals surface area contributed by atoms with E-state index in [1.54, 1.807) is 6.07 Å². The van der Waals surface area contributed by atoms with Crippen molar-refractivity contribution >= 4 is 10.9 Å². The molecule has 130 valence electrons. The Morgan fingerprint density at radius 3 is 2.50 bits per heavy atom. The maximum atomic E-state index is 12.2. The van der Waals surface area contributed by atoms with Crippen molar-refractivity contribution in [2.24, 2.45) is 7.05 Å². The van der Waals surface area contributed by atoms with Crippen molar-refractivity contribution in [3.8, 4) is 0 Å². The number of fused-ring (bicyclic) bond motifs is 1. The van der Waals surface area contributed by atoms with Gasteiger partial charge in [-0.15, -0.1) is 0 Å². The summed E-state index contributed by atoms with van der Waals surface area (Å²) in [6.07, 6.45) is 15.8. The van der Waals surface area contributed by atoms with Crippen molar-refractivity contribution in [1.82, 2.24) is 4.57 Å². The van der Waals surface area contributed by atoms with Crippen molar-refractivity contribution in [2.45, 2.75) is 64.7 Å². The summed E-state index contributed by atoms with van der Waals surface area (Å²) in [7, 11) is 2.05. The van der Waals surface area contributed by atoms with Crippen molar-refractivity contribution < 1.29 is 0 Å². The average Bonchev–Trinajstić information content (AvgIpc) is 2.60. The molecule has 2 heteroatoms. The van der Waals surface area contributed by atoms with Crippen LogP contribution < -0.4 is 5.43 Å². The molecule has 1 aromatic heterocycles. The molecule has 0 aliphatic carbocycles. The molecule has 0 spiro atoms. The van der Waals surface area contributed by atoms with Crippen molar-refractivity contribution in [2.75, 3.05) is 0 Å². The number of hydrogen-bond donors (Lipinski definition) is 0. The van der Waals surface area contributed by atoms with E-state index in [1.165, 1.54) is 44.9 Å². The molecular weight excluding hydrogens is 294 g/mol. The molecule has 0 saturated carbocycles. The molecule has 0 aliphatic heterocycles. The van der Waals surface area contributed by atoms with Gasteiger partial charge in [-0.1, -0.05) is 63.3 Å². The number of aromatic nitrogens is 1. The summed E-state index contributed by atoms with van der Waals surface area (Å²) in [6.45, 7) is 2.26. The summed E-state index contributed by atoms with van der Waals surface area (Å²) in [6, 6.07) is 9.64. The molecule has 0 unspecified atom stereocenters. The maximum Gasteiger partial charge on any atom is 0.189 e. The zero-order chi connectivity index (χ0) is 17.2. The van der Waals surface area contributed by atoms with E-state index in [9.17, 15) is 4.79 Å². The van der Waals surface area contributed by atoms with Crippen LogP contribution in [0.2, 0.25) is 0 Å². The van der Waals surface area contributed by atoms with Crippen LogP contribution in [0.5, 0.6) is 0 Å². The highest BCUT2D eigenvalue weighted by atomic mass is 16.1. The van der Waals surface area contributed by atoms with Crippen molar-refractivity contribution in [1.29, 1.82) is 0 Å². The van der Waals surface area contributed by atoms with Gasteiger partial charge >= 0.3 is 0 Å². The second-order valence-electron chi connectivity index (χ2n) is 6.64. The number of benzene rings is 1. The van der Waals surface area contributed by atoms with Gasteiger partial charge in [0, 0.05) is 24.2 Å². The number of rotatable bonds is 10. The van der Waals surface area contributed by atoms with E-state index >= 15 is 0 Å². The smallest absolute Gasteiger partial charge is 0.189 e. The first-order valence-electron chi connectivity index (χ1n) is 9.46. The van der Waals surface area contributed by atoms with Crippen molar-refractivity contribution in [3.05, 3.63) is 58.4 Å². The Morgan fingerprint density at radius 2 is 1.67 bits per heavy atom. The minimum atomic E-state index is 0.134. The first-order chi connectivity index (χ1) is 11.7. The molecule has 0 fully saturated rings. The minimum absolute atomic E-state index is 0.134. The Hall–Kier alpha value is -1.83. The number of allylic oxidation sites excluding steroid dienone is 2. The maximum absolute atomic E-state index is 12.2. The lowest BCUT2D eigenvalue weighted by molar-refractivity contribution is 0.611. The first kappa shape index (κ1) is 18.5. The fourth-order valence-electron chi connectivity index (χ4n) is 3.20. The third-order valence-corrected chi connectivity index (χ3v) is 4.72. The third-order valence-electron chi connectivity index (χ3n) is 4.72. The summed E-state index contributed by atoms with van der Waals surface area (Å²) in [5.74, 6) is 0. The van der Waals surface area contributed by atoms with E-state index in [0.29, 0.717) is 0 Å². The molecule has 1 heterocycles. The second-order valence-corrected chi connectivity index (χ2v) is 6.64. The summed E-state index contributed by atoms with van der Waals surface area (Å²) >= 11 is 0. The predicted molar refractivity (Wildman–Crippen MR) is 105 cm³/mol. The lowest BCUT2D eigenvalue weighted by atomic mass is 10.1. The summed E-state index contributed by atoms with van der Waals surface area (Å²) in [4.78, 5) is 12.2. The second kappa shape index (κ2) is 10.1. The Morgan fingerprint density at radius 1 is 0.958 bits per heavy atom. The van der Waals surface area contributed by atoms with Crippen LogP contribution in [0.15, 0.2) is 47.3 Å². The molecule has 2 rings (SSSR count). The normalized spacial score (nSPS) is 11.6. The SMILES string of the molecule is CCCCCCCC/C=C\CCc1cc(=O)c2ccccc2n1C. The number of hydrogen-bond acceptors (Lipinski definition) is 1. The van der Waals surface area contributed by atoms with E-state index in [4.69, 9.17) is 0 Å². The standard InChI is InChI=1S/C22H31NO/c1-3-4-5-6-7-8-9-10-11-12-15-19-18-22(24)20-16-13-14-17-21(20)23(19)2/h10-11,13-14,16-18H,3-9,12,15H2,1-2H3/b11-10-. The number of unbranched alkanes of at least 4 members (excludes halogenated alkanes) is 6. The largest absolute Gasteiger partial charge is 0.347 e. The molecule has 0 aliphatic rings. The zero-order valence-corrected chi connectivity index (χ0v) is 15.3. The highest BCUT2D eigenvalue weighted by Gasteiger charge is 2.04. The first-order valence-corrected chi connectivity index (χ1v) is 9.46. The van der Waals surface area contributed by atoms with Gasteiger partial charge in [0.15, 0.2) is 5.43 Å². The van der Waals surface area contributed by atoms with Crippen LogP contribution in [0.1, 0.15) is 64.0 Å². The number of nitrogens with zero attached hydrogens (tertiary/aromatic N) is 1. The van der Waals surface area contributed by atoms with Gasteiger partial charge < -0.3 is 4.57 Å². The van der Waals surface area contributed by atoms with Gasteiger partial charge in [-0.3, -0.25) is 4.79 Å². The summed E-state index contributed by atoms with van der Waals surface area (Å²) in [5, 5.41) is 0.808.